The molecule has 5 saturated heterocycles. The van der Waals surface area contributed by atoms with Crippen LogP contribution in [-0.2, 0) is 27.9 Å². The third-order valence-corrected chi connectivity index (χ3v) is 16.8. The molecule has 5 fully saturated rings. The summed E-state index contributed by atoms with van der Waals surface area (Å²) in [4.78, 5) is 68.0. The summed E-state index contributed by atoms with van der Waals surface area (Å²) in [5.41, 5.74) is 5.02. The van der Waals surface area contributed by atoms with Crippen molar-refractivity contribution in [1.82, 2.24) is 39.5 Å². The summed E-state index contributed by atoms with van der Waals surface area (Å²) in [6.07, 6.45) is 11.1. The average Bonchev–Trinajstić information content (AvgIpc) is 3.74. The molecule has 3 atom stereocenters. The Morgan fingerprint density at radius 2 is 1.58 bits per heavy atom. The van der Waals surface area contributed by atoms with E-state index in [0.717, 1.165) is 99.0 Å². The van der Waals surface area contributed by atoms with E-state index in [0.29, 0.717) is 74.5 Å². The van der Waals surface area contributed by atoms with Gasteiger partial charge in [-0.25, -0.2) is 23.5 Å². The number of rotatable bonds is 13. The van der Waals surface area contributed by atoms with Crippen LogP contribution in [0.15, 0.2) is 91.8 Å². The highest BCUT2D eigenvalue weighted by atomic mass is 19.1. The fourth-order valence-corrected chi connectivity index (χ4v) is 12.5. The molecule has 8 heterocycles. The normalized spacial score (nSPS) is 23.0. The monoisotopic (exact) mass is 1050 g/mol. The van der Waals surface area contributed by atoms with Gasteiger partial charge in [-0.05, 0) is 188 Å². The predicted octanol–water partition coefficient (Wildman–Crippen LogP) is 9.42. The lowest BCUT2D eigenvalue weighted by Crippen LogP contribution is -2.61. The number of fused-ring (bicyclic) bond motifs is 1. The molecule has 15 nitrogen and oxygen atoms in total. The molecule has 3 aromatic heterocycles. The van der Waals surface area contributed by atoms with Gasteiger partial charge >= 0.3 is 6.09 Å². The van der Waals surface area contributed by atoms with Crippen molar-refractivity contribution < 1.29 is 32.7 Å². The minimum absolute atomic E-state index is 0.0141. The molecule has 408 valence electrons. The number of amides is 4. The molecule has 0 saturated carbocycles. The number of likely N-dealkylation sites (tertiary alicyclic amines) is 4. The molecule has 0 radical (unpaired) electrons. The molecule has 10 rings (SSSR count). The molecule has 17 heteroatoms. The third kappa shape index (κ3) is 12.4. The number of hydrogen-bond donors (Lipinski definition) is 3. The maximum atomic E-state index is 16.9. The molecular formula is C60H74F2N10O5. The third-order valence-electron chi connectivity index (χ3n) is 16.8. The van der Waals surface area contributed by atoms with E-state index < -0.39 is 29.3 Å². The van der Waals surface area contributed by atoms with Crippen molar-refractivity contribution >= 4 is 46.4 Å². The van der Waals surface area contributed by atoms with Crippen LogP contribution >= 0.6 is 0 Å². The Balaban J connectivity index is 0.652. The number of aryl methyl sites for hydroxylation is 1. The zero-order chi connectivity index (χ0) is 54.0. The zero-order valence-electron chi connectivity index (χ0n) is 45.0. The molecule has 3 N–H and O–H groups in total. The molecule has 0 spiro atoms. The lowest BCUT2D eigenvalue weighted by molar-refractivity contribution is -0.133. The van der Waals surface area contributed by atoms with Crippen molar-refractivity contribution in [3.05, 3.63) is 120 Å². The summed E-state index contributed by atoms with van der Waals surface area (Å²) in [6.45, 7) is 16.8. The predicted molar refractivity (Wildman–Crippen MR) is 295 cm³/mol. The molecule has 2 aromatic carbocycles. The van der Waals surface area contributed by atoms with Crippen molar-refractivity contribution in [3.63, 3.8) is 0 Å². The lowest BCUT2D eigenvalue weighted by atomic mass is 9.83. The van der Waals surface area contributed by atoms with E-state index in [1.807, 2.05) is 56.1 Å². The van der Waals surface area contributed by atoms with E-state index in [9.17, 15) is 19.2 Å². The van der Waals surface area contributed by atoms with E-state index in [1.165, 1.54) is 23.4 Å². The van der Waals surface area contributed by atoms with Gasteiger partial charge < -0.3 is 19.5 Å². The van der Waals surface area contributed by atoms with Crippen LogP contribution in [0.1, 0.15) is 118 Å². The van der Waals surface area contributed by atoms with Gasteiger partial charge in [0.25, 0.3) is 5.91 Å². The minimum Gasteiger partial charge on any atom is -0.444 e. The Morgan fingerprint density at radius 1 is 0.857 bits per heavy atom. The number of imide groups is 1. The number of halogens is 2. The maximum absolute atomic E-state index is 16.9. The van der Waals surface area contributed by atoms with Gasteiger partial charge in [0.2, 0.25) is 11.8 Å². The van der Waals surface area contributed by atoms with Crippen molar-refractivity contribution in [3.8, 4) is 11.1 Å². The number of anilines is 2. The van der Waals surface area contributed by atoms with Gasteiger partial charge in [-0.2, -0.15) is 0 Å². The number of benzene rings is 2. The highest BCUT2D eigenvalue weighted by molar-refractivity contribution is 6.01. The first-order valence-corrected chi connectivity index (χ1v) is 27.7. The first kappa shape index (κ1) is 53.8. The lowest BCUT2D eigenvalue weighted by Gasteiger charge is -2.49. The Morgan fingerprint density at radius 3 is 2.26 bits per heavy atom. The number of carbonyl (C=O) groups excluding carboxylic acids is 4. The van der Waals surface area contributed by atoms with Gasteiger partial charge in [-0.1, -0.05) is 30.9 Å². The summed E-state index contributed by atoms with van der Waals surface area (Å²) in [7, 11) is 2.07. The molecule has 77 heavy (non-hydrogen) atoms. The number of hydrogen-bond acceptors (Lipinski definition) is 11. The zero-order valence-corrected chi connectivity index (χ0v) is 45.0. The quantitative estimate of drug-likeness (QED) is 0.0763. The number of piperidine rings is 5. The molecular weight excluding hydrogens is 979 g/mol. The van der Waals surface area contributed by atoms with Crippen LogP contribution < -0.4 is 16.0 Å². The summed E-state index contributed by atoms with van der Waals surface area (Å²) in [5, 5.41) is 9.14. The van der Waals surface area contributed by atoms with Crippen LogP contribution in [0.2, 0.25) is 0 Å². The smallest absolute Gasteiger partial charge is 0.413 e. The molecule has 5 aromatic rings. The van der Waals surface area contributed by atoms with Crippen molar-refractivity contribution in [1.29, 1.82) is 0 Å². The van der Waals surface area contributed by atoms with Gasteiger partial charge in [0.05, 0.1) is 0 Å². The summed E-state index contributed by atoms with van der Waals surface area (Å²) >= 11 is 0. The Hall–Kier alpha value is -6.56. The second kappa shape index (κ2) is 22.8. The topological polar surface area (TPSA) is 157 Å². The number of aromatic nitrogens is 3. The number of carbonyl (C=O) groups is 4. The maximum Gasteiger partial charge on any atom is 0.413 e. The second-order valence-corrected chi connectivity index (χ2v) is 23.1. The van der Waals surface area contributed by atoms with E-state index >= 15 is 8.78 Å². The van der Waals surface area contributed by atoms with Gasteiger partial charge in [0, 0.05) is 92.5 Å². The first-order valence-electron chi connectivity index (χ1n) is 27.7. The largest absolute Gasteiger partial charge is 0.444 e. The van der Waals surface area contributed by atoms with Crippen LogP contribution in [0.4, 0.5) is 25.1 Å². The number of pyridine rings is 2. The number of alkyl halides is 1. The van der Waals surface area contributed by atoms with E-state index in [4.69, 9.17) is 9.72 Å². The number of nitrogens with one attached hydrogen (secondary N) is 3. The van der Waals surface area contributed by atoms with E-state index in [1.54, 1.807) is 24.4 Å². The van der Waals surface area contributed by atoms with Crippen LogP contribution in [0, 0.1) is 11.7 Å². The Labute approximate surface area is 450 Å². The van der Waals surface area contributed by atoms with Gasteiger partial charge in [-0.15, -0.1) is 0 Å². The minimum atomic E-state index is -1.57. The van der Waals surface area contributed by atoms with E-state index in [-0.39, 0.29) is 36.0 Å². The van der Waals surface area contributed by atoms with E-state index in [2.05, 4.69) is 72.0 Å². The van der Waals surface area contributed by atoms with Gasteiger partial charge in [0.1, 0.15) is 28.9 Å². The molecule has 5 aliphatic heterocycles. The second-order valence-electron chi connectivity index (χ2n) is 23.1. The number of nitrogens with zero attached hydrogens (tertiary/aromatic N) is 7. The SMILES string of the molecule is C=CC1(F)CN(CC2CCN(C(=O)c3ccc(C4CCN(Cc5cc6c(-c7ccc(NC(=O)OC(C)(C)C)nc7)ccnc6n5C)CC4)cc3)CC2)CCC1N1CCC(c2ccc(NC3CCC(=O)NC3=O)cc2F)CC1. The summed E-state index contributed by atoms with van der Waals surface area (Å²) < 4.78 is 39.9. The van der Waals surface area contributed by atoms with Crippen LogP contribution in [0.25, 0.3) is 22.2 Å². The van der Waals surface area contributed by atoms with Crippen molar-refractivity contribution in [2.75, 3.05) is 69.5 Å². The standard InChI is InChI=1S/C60H74F2N10O5/c1-6-60(62)38-70(28-24-52(60)71-31-22-42(23-32-71)48-13-12-45(33-50(48)61)65-51-14-16-54(73)67-56(51)74)36-39-18-29-72(30-19-39)57(75)43-9-7-40(8-10-43)41-20-26-69(27-21-41)37-46-34-49-47(17-25-63-55(49)68(46)5)44-11-15-53(64-35-44)66-58(76)77-59(2,3)4/h6-13,15,17,25,33-35,39,41-42,51-52,65H,1,14,16,18-24,26-32,36-38H2,2-5H3,(H,64,66,76)(H,67,73,74). The van der Waals surface area contributed by atoms with Crippen molar-refractivity contribution in [2.45, 2.75) is 120 Å². The van der Waals surface area contributed by atoms with Crippen LogP contribution in [0.3, 0.4) is 0 Å². The van der Waals surface area contributed by atoms with Crippen molar-refractivity contribution in [2.24, 2.45) is 13.0 Å². The molecule has 3 unspecified atom stereocenters. The molecule has 0 aliphatic carbocycles. The molecule has 4 amide bonds. The molecule has 0 bridgehead atoms. The fourth-order valence-electron chi connectivity index (χ4n) is 12.5. The highest BCUT2D eigenvalue weighted by Crippen LogP contribution is 2.39. The van der Waals surface area contributed by atoms with Gasteiger partial charge in [0.15, 0.2) is 5.67 Å². The van der Waals surface area contributed by atoms with Crippen LogP contribution in [0.5, 0.6) is 0 Å². The van der Waals surface area contributed by atoms with Crippen LogP contribution in [-0.4, -0.2) is 140 Å². The summed E-state index contributed by atoms with van der Waals surface area (Å²) in [5.74, 6) is 0.291. The first-order chi connectivity index (χ1) is 37.0. The van der Waals surface area contributed by atoms with Gasteiger partial charge in [-0.3, -0.25) is 39.7 Å². The number of ether oxygens (including phenoxy) is 1. The highest BCUT2D eigenvalue weighted by Gasteiger charge is 2.46. The average molecular weight is 1050 g/mol. The summed E-state index contributed by atoms with van der Waals surface area (Å²) in [6, 6.07) is 20.4. The molecule has 5 aliphatic rings. The Bertz CT molecular complexity index is 2950. The Kier molecular flexibility index (Phi) is 15.9. The fraction of sp³-hybridized carbons (Fsp3) is 0.500.